The molecule has 0 bridgehead atoms. The van der Waals surface area contributed by atoms with E-state index in [1.165, 1.54) is 23.8 Å². The third-order valence-corrected chi connectivity index (χ3v) is 4.61. The van der Waals surface area contributed by atoms with Crippen LogP contribution in [-0.4, -0.2) is 38.8 Å². The van der Waals surface area contributed by atoms with Crippen molar-refractivity contribution in [2.45, 2.75) is 12.8 Å². The van der Waals surface area contributed by atoms with E-state index in [1.54, 1.807) is 10.6 Å². The Balaban J connectivity index is 1.35. The lowest BCUT2D eigenvalue weighted by molar-refractivity contribution is 0.0953. The van der Waals surface area contributed by atoms with Gasteiger partial charge in [-0.3, -0.25) is 4.79 Å². The predicted octanol–water partition coefficient (Wildman–Crippen LogP) is 2.89. The second kappa shape index (κ2) is 9.13. The topological polar surface area (TPSA) is 84.2 Å². The smallest absolute Gasteiger partial charge is 0.251 e. The molecule has 2 N–H and O–H groups in total. The Morgan fingerprint density at radius 1 is 0.933 bits per heavy atom. The molecule has 2 aromatic carbocycles. The van der Waals surface area contributed by atoms with Crippen molar-refractivity contribution < 1.29 is 9.18 Å². The third kappa shape index (κ3) is 4.78. The van der Waals surface area contributed by atoms with Crippen LogP contribution in [0.1, 0.15) is 21.7 Å². The van der Waals surface area contributed by atoms with Crippen LogP contribution in [0, 0.1) is 5.82 Å². The summed E-state index contributed by atoms with van der Waals surface area (Å²) in [5.74, 6) is 0.585. The molecule has 0 unspecified atom stereocenters. The number of carbonyl (C=O) groups excluding carboxylic acids is 1. The van der Waals surface area contributed by atoms with Crippen molar-refractivity contribution in [2.75, 3.05) is 18.4 Å². The third-order valence-electron chi connectivity index (χ3n) is 4.61. The Kier molecular flexibility index (Phi) is 5.93. The molecule has 0 atom stereocenters. The van der Waals surface area contributed by atoms with E-state index >= 15 is 0 Å². The fraction of sp³-hybridized carbons (Fsp3) is 0.182. The average molecular weight is 404 g/mol. The summed E-state index contributed by atoms with van der Waals surface area (Å²) >= 11 is 0. The van der Waals surface area contributed by atoms with Crippen LogP contribution in [0.3, 0.4) is 0 Å². The summed E-state index contributed by atoms with van der Waals surface area (Å²) < 4.78 is 14.9. The number of anilines is 1. The van der Waals surface area contributed by atoms with Gasteiger partial charge in [-0.2, -0.15) is 4.52 Å². The Morgan fingerprint density at radius 3 is 2.63 bits per heavy atom. The molecule has 0 aliphatic carbocycles. The highest BCUT2D eigenvalue weighted by Crippen LogP contribution is 2.09. The van der Waals surface area contributed by atoms with Crippen LogP contribution >= 0.6 is 0 Å². The van der Waals surface area contributed by atoms with E-state index in [1.807, 2.05) is 30.3 Å². The SMILES string of the molecule is O=C(NCCc1nnc2ccc(NCCc3ccccc3)nn12)c1cccc(F)c1. The molecule has 8 heteroatoms. The van der Waals surface area contributed by atoms with E-state index in [2.05, 4.69) is 38.1 Å². The molecule has 152 valence electrons. The van der Waals surface area contributed by atoms with Gasteiger partial charge in [0.15, 0.2) is 11.5 Å². The lowest BCUT2D eigenvalue weighted by atomic mass is 10.1. The van der Waals surface area contributed by atoms with E-state index in [0.29, 0.717) is 24.4 Å². The highest BCUT2D eigenvalue weighted by Gasteiger charge is 2.10. The normalized spacial score (nSPS) is 10.8. The van der Waals surface area contributed by atoms with Gasteiger partial charge in [-0.1, -0.05) is 36.4 Å². The molecular weight excluding hydrogens is 383 g/mol. The molecule has 0 saturated heterocycles. The Bertz CT molecular complexity index is 1140. The largest absolute Gasteiger partial charge is 0.368 e. The Morgan fingerprint density at radius 2 is 1.80 bits per heavy atom. The second-order valence-electron chi connectivity index (χ2n) is 6.78. The van der Waals surface area contributed by atoms with Crippen LogP contribution in [0.4, 0.5) is 10.2 Å². The van der Waals surface area contributed by atoms with Crippen molar-refractivity contribution in [1.82, 2.24) is 25.1 Å². The minimum atomic E-state index is -0.442. The molecule has 0 aliphatic heterocycles. The Hall–Kier alpha value is -3.81. The molecule has 0 fully saturated rings. The fourth-order valence-electron chi connectivity index (χ4n) is 3.08. The summed E-state index contributed by atoms with van der Waals surface area (Å²) in [5, 5.41) is 18.9. The number of nitrogens with zero attached hydrogens (tertiary/aromatic N) is 4. The van der Waals surface area contributed by atoms with Crippen LogP contribution in [-0.2, 0) is 12.8 Å². The first-order valence-corrected chi connectivity index (χ1v) is 9.72. The standard InChI is InChI=1S/C22H21FN6O/c23-18-8-4-7-17(15-18)22(30)25-14-12-21-27-26-20-10-9-19(28-29(20)21)24-13-11-16-5-2-1-3-6-16/h1-10,15H,11-14H2,(H,24,28)(H,25,30). The first kappa shape index (κ1) is 19.5. The van der Waals surface area contributed by atoms with Gasteiger partial charge in [-0.05, 0) is 42.3 Å². The minimum absolute atomic E-state index is 0.282. The van der Waals surface area contributed by atoms with Crippen molar-refractivity contribution in [3.63, 3.8) is 0 Å². The van der Waals surface area contributed by atoms with Crippen LogP contribution in [0.2, 0.25) is 0 Å². The van der Waals surface area contributed by atoms with Gasteiger partial charge in [0.25, 0.3) is 5.91 Å². The molecule has 30 heavy (non-hydrogen) atoms. The number of rotatable bonds is 8. The monoisotopic (exact) mass is 404 g/mol. The van der Waals surface area contributed by atoms with E-state index in [4.69, 9.17) is 0 Å². The van der Waals surface area contributed by atoms with E-state index in [-0.39, 0.29) is 11.5 Å². The number of halogens is 1. The van der Waals surface area contributed by atoms with Gasteiger partial charge in [0.1, 0.15) is 11.6 Å². The van der Waals surface area contributed by atoms with Crippen molar-refractivity contribution in [3.8, 4) is 0 Å². The quantitative estimate of drug-likeness (QED) is 0.472. The van der Waals surface area contributed by atoms with Gasteiger partial charge in [0.05, 0.1) is 0 Å². The first-order valence-electron chi connectivity index (χ1n) is 9.72. The van der Waals surface area contributed by atoms with Gasteiger partial charge in [-0.15, -0.1) is 15.3 Å². The van der Waals surface area contributed by atoms with Crippen LogP contribution in [0.15, 0.2) is 66.7 Å². The molecule has 2 aromatic heterocycles. The number of hydrogen-bond donors (Lipinski definition) is 2. The predicted molar refractivity (Wildman–Crippen MR) is 112 cm³/mol. The zero-order valence-corrected chi connectivity index (χ0v) is 16.3. The number of fused-ring (bicyclic) bond motifs is 1. The number of carbonyl (C=O) groups is 1. The van der Waals surface area contributed by atoms with Gasteiger partial charge in [0, 0.05) is 25.1 Å². The van der Waals surface area contributed by atoms with Crippen molar-refractivity contribution in [3.05, 3.63) is 89.5 Å². The number of nitrogens with one attached hydrogen (secondary N) is 2. The van der Waals surface area contributed by atoms with Crippen LogP contribution < -0.4 is 10.6 Å². The minimum Gasteiger partial charge on any atom is -0.368 e. The molecule has 7 nitrogen and oxygen atoms in total. The van der Waals surface area contributed by atoms with Crippen molar-refractivity contribution in [1.29, 1.82) is 0 Å². The lowest BCUT2D eigenvalue weighted by Crippen LogP contribution is -2.26. The maximum absolute atomic E-state index is 13.3. The zero-order valence-electron chi connectivity index (χ0n) is 16.3. The number of amides is 1. The van der Waals surface area contributed by atoms with E-state index < -0.39 is 5.82 Å². The first-order chi connectivity index (χ1) is 14.7. The summed E-state index contributed by atoms with van der Waals surface area (Å²) in [7, 11) is 0. The van der Waals surface area contributed by atoms with Gasteiger partial charge in [0.2, 0.25) is 0 Å². The molecular formula is C22H21FN6O. The molecule has 4 aromatic rings. The molecule has 1 amide bonds. The fourth-order valence-corrected chi connectivity index (χ4v) is 3.08. The molecule has 0 saturated carbocycles. The summed E-state index contributed by atoms with van der Waals surface area (Å²) in [6, 6.07) is 19.5. The number of aromatic nitrogens is 4. The average Bonchev–Trinajstić information content (AvgIpc) is 3.17. The summed E-state index contributed by atoms with van der Waals surface area (Å²) in [6.07, 6.45) is 1.34. The van der Waals surface area contributed by atoms with E-state index in [9.17, 15) is 9.18 Å². The van der Waals surface area contributed by atoms with Crippen molar-refractivity contribution in [2.24, 2.45) is 0 Å². The highest BCUT2D eigenvalue weighted by atomic mass is 19.1. The van der Waals surface area contributed by atoms with Crippen LogP contribution in [0.25, 0.3) is 5.65 Å². The summed E-state index contributed by atoms with van der Waals surface area (Å²) in [5.41, 5.74) is 2.17. The molecule has 2 heterocycles. The number of benzene rings is 2. The molecule has 0 radical (unpaired) electrons. The zero-order chi connectivity index (χ0) is 20.8. The summed E-state index contributed by atoms with van der Waals surface area (Å²) in [4.78, 5) is 12.1. The summed E-state index contributed by atoms with van der Waals surface area (Å²) in [6.45, 7) is 1.09. The van der Waals surface area contributed by atoms with Crippen LogP contribution in [0.5, 0.6) is 0 Å². The van der Waals surface area contributed by atoms with Gasteiger partial charge in [-0.25, -0.2) is 4.39 Å². The van der Waals surface area contributed by atoms with Gasteiger partial charge >= 0.3 is 0 Å². The van der Waals surface area contributed by atoms with Crippen molar-refractivity contribution >= 4 is 17.4 Å². The Labute approximate surface area is 173 Å². The number of hydrogen-bond acceptors (Lipinski definition) is 5. The highest BCUT2D eigenvalue weighted by molar-refractivity contribution is 5.94. The lowest BCUT2D eigenvalue weighted by Gasteiger charge is -2.07. The van der Waals surface area contributed by atoms with Gasteiger partial charge < -0.3 is 10.6 Å². The molecule has 4 rings (SSSR count). The molecule has 0 spiro atoms. The second-order valence-corrected chi connectivity index (χ2v) is 6.78. The maximum atomic E-state index is 13.3. The van der Waals surface area contributed by atoms with E-state index in [0.717, 1.165) is 18.8 Å². The maximum Gasteiger partial charge on any atom is 0.251 e. The molecule has 0 aliphatic rings.